The van der Waals surface area contributed by atoms with E-state index < -0.39 is 4.92 Å². The van der Waals surface area contributed by atoms with Crippen LogP contribution in [0.3, 0.4) is 0 Å². The van der Waals surface area contributed by atoms with Crippen molar-refractivity contribution in [3.05, 3.63) is 86.4 Å². The molecule has 7 heteroatoms. The molecule has 132 valence electrons. The number of aromatic nitrogens is 1. The van der Waals surface area contributed by atoms with Crippen LogP contribution in [0.1, 0.15) is 17.0 Å². The monoisotopic (exact) mass is 371 g/mol. The van der Waals surface area contributed by atoms with Gasteiger partial charge in [-0.3, -0.25) is 15.1 Å². The fourth-order valence-corrected chi connectivity index (χ4v) is 2.96. The predicted molar refractivity (Wildman–Crippen MR) is 101 cm³/mol. The van der Waals surface area contributed by atoms with Gasteiger partial charge in [-0.2, -0.15) is 0 Å². The number of hydrogen-bond donors (Lipinski definition) is 0. The third-order valence-electron chi connectivity index (χ3n) is 4.03. The zero-order valence-corrected chi connectivity index (χ0v) is 14.9. The van der Waals surface area contributed by atoms with Crippen molar-refractivity contribution in [2.45, 2.75) is 13.8 Å². The Labute approximate surface area is 154 Å². The van der Waals surface area contributed by atoms with Crippen LogP contribution < -0.4 is 0 Å². The largest absolute Gasteiger partial charge is 0.318 e. The number of halogens is 2. The van der Waals surface area contributed by atoms with E-state index in [1.807, 2.05) is 24.5 Å². The second kappa shape index (κ2) is 7.09. The summed E-state index contributed by atoms with van der Waals surface area (Å²) in [5, 5.41) is 11.0. The Kier molecular flexibility index (Phi) is 4.86. The molecule has 0 saturated heterocycles. The summed E-state index contributed by atoms with van der Waals surface area (Å²) in [6, 6.07) is 12.6. The van der Waals surface area contributed by atoms with Crippen LogP contribution in [-0.4, -0.2) is 15.7 Å². The first kappa shape index (κ1) is 17.8. The number of hydrogen-bond acceptors (Lipinski definition) is 3. The summed E-state index contributed by atoms with van der Waals surface area (Å²) < 4.78 is 15.1. The summed E-state index contributed by atoms with van der Waals surface area (Å²) in [5.74, 6) is -0.290. The maximum atomic E-state index is 13.1. The molecule has 0 radical (unpaired) electrons. The third-order valence-corrected chi connectivity index (χ3v) is 4.35. The van der Waals surface area contributed by atoms with Gasteiger partial charge in [0, 0.05) is 34.9 Å². The average Bonchev–Trinajstić information content (AvgIpc) is 2.89. The van der Waals surface area contributed by atoms with Crippen molar-refractivity contribution in [3.63, 3.8) is 0 Å². The van der Waals surface area contributed by atoms with Crippen molar-refractivity contribution >= 4 is 29.2 Å². The van der Waals surface area contributed by atoms with Gasteiger partial charge in [0.1, 0.15) is 10.8 Å². The number of nitro groups is 1. The van der Waals surface area contributed by atoms with Crippen LogP contribution in [-0.2, 0) is 0 Å². The third kappa shape index (κ3) is 3.50. The first-order valence-electron chi connectivity index (χ1n) is 7.79. The topological polar surface area (TPSA) is 60.4 Å². The summed E-state index contributed by atoms with van der Waals surface area (Å²) in [6.45, 7) is 3.88. The van der Waals surface area contributed by atoms with E-state index in [2.05, 4.69) is 4.99 Å². The van der Waals surface area contributed by atoms with E-state index in [4.69, 9.17) is 11.6 Å². The van der Waals surface area contributed by atoms with Gasteiger partial charge in [0.05, 0.1) is 10.6 Å². The Hall–Kier alpha value is -2.99. The highest BCUT2D eigenvalue weighted by atomic mass is 35.5. The van der Waals surface area contributed by atoms with Crippen molar-refractivity contribution in [1.29, 1.82) is 0 Å². The van der Waals surface area contributed by atoms with E-state index in [0.29, 0.717) is 5.69 Å². The van der Waals surface area contributed by atoms with E-state index >= 15 is 0 Å². The van der Waals surface area contributed by atoms with Gasteiger partial charge in [-0.1, -0.05) is 11.6 Å². The van der Waals surface area contributed by atoms with E-state index in [9.17, 15) is 14.5 Å². The molecule has 2 aromatic carbocycles. The zero-order chi connectivity index (χ0) is 18.8. The Balaban J connectivity index is 1.95. The van der Waals surface area contributed by atoms with Crippen molar-refractivity contribution < 1.29 is 9.31 Å². The molecule has 0 saturated carbocycles. The maximum absolute atomic E-state index is 13.1. The van der Waals surface area contributed by atoms with E-state index in [-0.39, 0.29) is 16.5 Å². The molecule has 0 aliphatic carbocycles. The Morgan fingerprint density at radius 2 is 1.85 bits per heavy atom. The summed E-state index contributed by atoms with van der Waals surface area (Å²) >= 11 is 5.81. The molecule has 0 unspecified atom stereocenters. The molecular formula is C19H15ClFN3O2. The van der Waals surface area contributed by atoms with Crippen LogP contribution in [0.4, 0.5) is 15.8 Å². The van der Waals surface area contributed by atoms with Crippen LogP contribution in [0, 0.1) is 29.8 Å². The van der Waals surface area contributed by atoms with Crippen LogP contribution >= 0.6 is 11.6 Å². The van der Waals surface area contributed by atoms with Crippen LogP contribution in [0.15, 0.2) is 53.5 Å². The molecule has 0 N–H and O–H groups in total. The molecule has 5 nitrogen and oxygen atoms in total. The molecule has 0 aliphatic rings. The number of aliphatic imine (C=N–C) groups is 1. The van der Waals surface area contributed by atoms with Gasteiger partial charge in [0.25, 0.3) is 5.69 Å². The van der Waals surface area contributed by atoms with Crippen molar-refractivity contribution in [1.82, 2.24) is 4.57 Å². The SMILES string of the molecule is Cc1cc(C=Nc2ccc(Cl)c([N+](=O)[O-])c2)c(C)n1-c1ccc(F)cc1. The average molecular weight is 372 g/mol. The van der Waals surface area contributed by atoms with E-state index in [1.165, 1.54) is 24.3 Å². The van der Waals surface area contributed by atoms with Crippen LogP contribution in [0.5, 0.6) is 0 Å². The Morgan fingerprint density at radius 3 is 2.50 bits per heavy atom. The smallest absolute Gasteiger partial charge is 0.290 e. The molecule has 26 heavy (non-hydrogen) atoms. The zero-order valence-electron chi connectivity index (χ0n) is 14.1. The molecule has 3 aromatic rings. The van der Waals surface area contributed by atoms with E-state index in [0.717, 1.165) is 22.6 Å². The Bertz CT molecular complexity index is 1010. The second-order valence-corrected chi connectivity index (χ2v) is 6.20. The van der Waals surface area contributed by atoms with Crippen molar-refractivity contribution in [2.75, 3.05) is 0 Å². The highest BCUT2D eigenvalue weighted by Crippen LogP contribution is 2.29. The predicted octanol–water partition coefficient (Wildman–Crippen LogP) is 5.55. The molecule has 1 heterocycles. The first-order chi connectivity index (χ1) is 12.4. The van der Waals surface area contributed by atoms with Gasteiger partial charge >= 0.3 is 0 Å². The summed E-state index contributed by atoms with van der Waals surface area (Å²) in [7, 11) is 0. The summed E-state index contributed by atoms with van der Waals surface area (Å²) in [5.41, 5.74) is 3.87. The second-order valence-electron chi connectivity index (χ2n) is 5.79. The molecule has 0 aliphatic heterocycles. The minimum absolute atomic E-state index is 0.0726. The molecular weight excluding hydrogens is 357 g/mol. The molecule has 0 atom stereocenters. The number of nitrogens with zero attached hydrogens (tertiary/aromatic N) is 3. The lowest BCUT2D eigenvalue weighted by molar-refractivity contribution is -0.384. The molecule has 0 amide bonds. The highest BCUT2D eigenvalue weighted by molar-refractivity contribution is 6.32. The molecule has 0 spiro atoms. The van der Waals surface area contributed by atoms with E-state index in [1.54, 1.807) is 24.4 Å². The number of aryl methyl sites for hydroxylation is 1. The quantitative estimate of drug-likeness (QED) is 0.343. The molecule has 0 fully saturated rings. The van der Waals surface area contributed by atoms with Crippen LogP contribution in [0.2, 0.25) is 5.02 Å². The number of rotatable bonds is 4. The fourth-order valence-electron chi connectivity index (χ4n) is 2.77. The summed E-state index contributed by atoms with van der Waals surface area (Å²) in [6.07, 6.45) is 1.65. The lowest BCUT2D eigenvalue weighted by Crippen LogP contribution is -1.99. The number of nitro benzene ring substituents is 1. The maximum Gasteiger partial charge on any atom is 0.290 e. The standard InChI is InChI=1S/C19H15ClFN3O2/c1-12-9-14(13(2)23(12)17-6-3-15(21)4-7-17)11-22-16-5-8-18(20)19(10-16)24(25)26/h3-11H,1-2H3. The van der Waals surface area contributed by atoms with Crippen molar-refractivity contribution in [3.8, 4) is 5.69 Å². The van der Waals surface area contributed by atoms with Gasteiger partial charge in [-0.25, -0.2) is 4.39 Å². The van der Waals surface area contributed by atoms with Crippen molar-refractivity contribution in [2.24, 2.45) is 4.99 Å². The highest BCUT2D eigenvalue weighted by Gasteiger charge is 2.13. The lowest BCUT2D eigenvalue weighted by Gasteiger charge is -2.09. The molecule has 3 rings (SSSR count). The molecule has 0 bridgehead atoms. The fraction of sp³-hybridized carbons (Fsp3) is 0.105. The van der Waals surface area contributed by atoms with Gasteiger partial charge in [-0.15, -0.1) is 0 Å². The number of benzene rings is 2. The molecule has 1 aromatic heterocycles. The minimum Gasteiger partial charge on any atom is -0.318 e. The Morgan fingerprint density at radius 1 is 1.15 bits per heavy atom. The first-order valence-corrected chi connectivity index (χ1v) is 8.17. The van der Waals surface area contributed by atoms with Gasteiger partial charge in [-0.05, 0) is 56.3 Å². The lowest BCUT2D eigenvalue weighted by atomic mass is 10.2. The normalized spacial score (nSPS) is 11.2. The van der Waals surface area contributed by atoms with Gasteiger partial charge < -0.3 is 4.57 Å². The van der Waals surface area contributed by atoms with Gasteiger partial charge in [0.15, 0.2) is 0 Å². The van der Waals surface area contributed by atoms with Crippen LogP contribution in [0.25, 0.3) is 5.69 Å². The van der Waals surface area contributed by atoms with Gasteiger partial charge in [0.2, 0.25) is 0 Å². The minimum atomic E-state index is -0.540. The summed E-state index contributed by atoms with van der Waals surface area (Å²) in [4.78, 5) is 14.8.